The van der Waals surface area contributed by atoms with Gasteiger partial charge in [-0.25, -0.2) is 0 Å². The molecule has 3 rings (SSSR count). The molecule has 0 spiro atoms. The van der Waals surface area contributed by atoms with E-state index in [0.717, 1.165) is 18.4 Å². The first-order chi connectivity index (χ1) is 9.88. The van der Waals surface area contributed by atoms with E-state index in [4.69, 9.17) is 0 Å². The SMILES string of the molecule is CCCNCC1CC1c1ccc(-c2ccccc2)cc1. The Hall–Kier alpha value is -1.60. The highest BCUT2D eigenvalue weighted by Gasteiger charge is 2.37. The molecular weight excluding hydrogens is 242 g/mol. The van der Waals surface area contributed by atoms with Crippen LogP contribution < -0.4 is 5.32 Å². The van der Waals surface area contributed by atoms with Gasteiger partial charge >= 0.3 is 0 Å². The molecule has 1 aliphatic rings. The standard InChI is InChI=1S/C19H23N/c1-2-12-20-14-18-13-19(18)17-10-8-16(9-11-17)15-6-4-3-5-7-15/h3-11,18-20H,2,12-14H2,1H3. The quantitative estimate of drug-likeness (QED) is 0.761. The third kappa shape index (κ3) is 3.10. The van der Waals surface area contributed by atoms with Crippen molar-refractivity contribution in [1.82, 2.24) is 5.32 Å². The van der Waals surface area contributed by atoms with Gasteiger partial charge in [-0.05, 0) is 54.5 Å². The van der Waals surface area contributed by atoms with E-state index in [-0.39, 0.29) is 0 Å². The van der Waals surface area contributed by atoms with Crippen LogP contribution in [-0.4, -0.2) is 13.1 Å². The highest BCUT2D eigenvalue weighted by Crippen LogP contribution is 2.47. The van der Waals surface area contributed by atoms with Crippen LogP contribution in [0, 0.1) is 5.92 Å². The Bertz CT molecular complexity index is 529. The van der Waals surface area contributed by atoms with E-state index in [1.165, 1.54) is 36.1 Å². The molecule has 1 N–H and O–H groups in total. The first-order valence-corrected chi connectivity index (χ1v) is 7.74. The lowest BCUT2D eigenvalue weighted by atomic mass is 10.0. The summed E-state index contributed by atoms with van der Waals surface area (Å²) in [4.78, 5) is 0. The summed E-state index contributed by atoms with van der Waals surface area (Å²) in [5, 5.41) is 3.53. The van der Waals surface area contributed by atoms with Crippen molar-refractivity contribution in [2.24, 2.45) is 5.92 Å². The van der Waals surface area contributed by atoms with Gasteiger partial charge in [-0.2, -0.15) is 0 Å². The minimum Gasteiger partial charge on any atom is -0.316 e. The van der Waals surface area contributed by atoms with Crippen molar-refractivity contribution in [3.05, 3.63) is 60.2 Å². The van der Waals surface area contributed by atoms with Gasteiger partial charge < -0.3 is 5.32 Å². The van der Waals surface area contributed by atoms with Crippen molar-refractivity contribution in [3.63, 3.8) is 0 Å². The van der Waals surface area contributed by atoms with Crippen LogP contribution in [0.15, 0.2) is 54.6 Å². The smallest absolute Gasteiger partial charge is 0.00144 e. The summed E-state index contributed by atoms with van der Waals surface area (Å²) in [5.41, 5.74) is 4.12. The number of hydrogen-bond donors (Lipinski definition) is 1. The fraction of sp³-hybridized carbons (Fsp3) is 0.368. The largest absolute Gasteiger partial charge is 0.316 e. The van der Waals surface area contributed by atoms with Crippen molar-refractivity contribution in [2.45, 2.75) is 25.7 Å². The van der Waals surface area contributed by atoms with Crippen LogP contribution in [0.4, 0.5) is 0 Å². The molecule has 2 aromatic carbocycles. The van der Waals surface area contributed by atoms with E-state index < -0.39 is 0 Å². The van der Waals surface area contributed by atoms with Crippen LogP contribution in [0.25, 0.3) is 11.1 Å². The predicted molar refractivity (Wildman–Crippen MR) is 85.9 cm³/mol. The molecule has 1 nitrogen and oxygen atoms in total. The average molecular weight is 265 g/mol. The van der Waals surface area contributed by atoms with Crippen molar-refractivity contribution in [2.75, 3.05) is 13.1 Å². The first-order valence-electron chi connectivity index (χ1n) is 7.74. The van der Waals surface area contributed by atoms with Gasteiger partial charge in [0.2, 0.25) is 0 Å². The van der Waals surface area contributed by atoms with Gasteiger partial charge in [0, 0.05) is 0 Å². The van der Waals surface area contributed by atoms with Crippen LogP contribution in [0.1, 0.15) is 31.2 Å². The molecule has 1 heteroatoms. The van der Waals surface area contributed by atoms with E-state index >= 15 is 0 Å². The van der Waals surface area contributed by atoms with Crippen LogP contribution in [0.2, 0.25) is 0 Å². The third-order valence-electron chi connectivity index (χ3n) is 4.20. The number of rotatable bonds is 6. The molecule has 20 heavy (non-hydrogen) atoms. The van der Waals surface area contributed by atoms with Crippen molar-refractivity contribution in [1.29, 1.82) is 0 Å². The number of nitrogens with one attached hydrogen (secondary N) is 1. The molecule has 1 fully saturated rings. The van der Waals surface area contributed by atoms with Crippen molar-refractivity contribution >= 4 is 0 Å². The lowest BCUT2D eigenvalue weighted by Crippen LogP contribution is -2.17. The minimum absolute atomic E-state index is 0.782. The molecule has 0 radical (unpaired) electrons. The van der Waals surface area contributed by atoms with Crippen LogP contribution in [-0.2, 0) is 0 Å². The Morgan fingerprint density at radius 2 is 1.65 bits per heavy atom. The zero-order valence-electron chi connectivity index (χ0n) is 12.2. The number of benzene rings is 2. The summed E-state index contributed by atoms with van der Waals surface area (Å²) >= 11 is 0. The van der Waals surface area contributed by atoms with Gasteiger partial charge in [0.05, 0.1) is 0 Å². The Morgan fingerprint density at radius 1 is 0.950 bits per heavy atom. The molecular formula is C19H23N. The summed E-state index contributed by atoms with van der Waals surface area (Å²) in [7, 11) is 0. The molecule has 0 aliphatic heterocycles. The molecule has 104 valence electrons. The maximum atomic E-state index is 3.53. The zero-order valence-corrected chi connectivity index (χ0v) is 12.2. The molecule has 1 aliphatic carbocycles. The maximum absolute atomic E-state index is 3.53. The topological polar surface area (TPSA) is 12.0 Å². The molecule has 0 heterocycles. The van der Waals surface area contributed by atoms with E-state index in [1.54, 1.807) is 0 Å². The van der Waals surface area contributed by atoms with Gasteiger partial charge in [0.15, 0.2) is 0 Å². The van der Waals surface area contributed by atoms with E-state index in [0.29, 0.717) is 0 Å². The number of hydrogen-bond acceptors (Lipinski definition) is 1. The van der Waals surface area contributed by atoms with Crippen LogP contribution >= 0.6 is 0 Å². The Kier molecular flexibility index (Phi) is 4.17. The fourth-order valence-electron chi connectivity index (χ4n) is 2.90. The third-order valence-corrected chi connectivity index (χ3v) is 4.20. The van der Waals surface area contributed by atoms with E-state index in [2.05, 4.69) is 66.8 Å². The second-order valence-corrected chi connectivity index (χ2v) is 5.79. The maximum Gasteiger partial charge on any atom is -0.00144 e. The monoisotopic (exact) mass is 265 g/mol. The van der Waals surface area contributed by atoms with E-state index in [9.17, 15) is 0 Å². The summed E-state index contributed by atoms with van der Waals surface area (Å²) in [6.07, 6.45) is 2.57. The highest BCUT2D eigenvalue weighted by molar-refractivity contribution is 5.63. The summed E-state index contributed by atoms with van der Waals surface area (Å²) in [6.45, 7) is 4.55. The van der Waals surface area contributed by atoms with Gasteiger partial charge in [-0.1, -0.05) is 61.5 Å². The van der Waals surface area contributed by atoms with Gasteiger partial charge in [0.25, 0.3) is 0 Å². The molecule has 0 amide bonds. The Morgan fingerprint density at radius 3 is 2.35 bits per heavy atom. The predicted octanol–water partition coefficient (Wildman–Crippen LogP) is 4.46. The van der Waals surface area contributed by atoms with Crippen LogP contribution in [0.3, 0.4) is 0 Å². The van der Waals surface area contributed by atoms with Gasteiger partial charge in [-0.3, -0.25) is 0 Å². The molecule has 2 atom stereocenters. The Labute approximate surface area is 122 Å². The molecule has 1 saturated carbocycles. The molecule has 0 aromatic heterocycles. The van der Waals surface area contributed by atoms with Gasteiger partial charge in [-0.15, -0.1) is 0 Å². The summed E-state index contributed by atoms with van der Waals surface area (Å²) in [5.74, 6) is 1.63. The summed E-state index contributed by atoms with van der Waals surface area (Å²) in [6, 6.07) is 19.8. The fourth-order valence-corrected chi connectivity index (χ4v) is 2.90. The molecule has 0 bridgehead atoms. The van der Waals surface area contributed by atoms with Crippen LogP contribution in [0.5, 0.6) is 0 Å². The normalized spacial score (nSPS) is 20.9. The highest BCUT2D eigenvalue weighted by atomic mass is 14.9. The molecule has 2 aromatic rings. The Balaban J connectivity index is 1.61. The second-order valence-electron chi connectivity index (χ2n) is 5.79. The lowest BCUT2D eigenvalue weighted by Gasteiger charge is -2.05. The zero-order chi connectivity index (χ0) is 13.8. The molecule has 0 saturated heterocycles. The minimum atomic E-state index is 0.782. The second kappa shape index (κ2) is 6.23. The average Bonchev–Trinajstić information content (AvgIpc) is 3.28. The van der Waals surface area contributed by atoms with Crippen molar-refractivity contribution < 1.29 is 0 Å². The van der Waals surface area contributed by atoms with Gasteiger partial charge in [0.1, 0.15) is 0 Å². The summed E-state index contributed by atoms with van der Waals surface area (Å²) < 4.78 is 0. The molecule has 2 unspecified atom stereocenters. The lowest BCUT2D eigenvalue weighted by molar-refractivity contribution is 0.620. The van der Waals surface area contributed by atoms with Crippen molar-refractivity contribution in [3.8, 4) is 11.1 Å². The first kappa shape index (κ1) is 13.4. The van der Waals surface area contributed by atoms with E-state index in [1.807, 2.05) is 0 Å².